The number of nitrogens with zero attached hydrogens (tertiary/aromatic N) is 2. The third-order valence-corrected chi connectivity index (χ3v) is 8.25. The van der Waals surface area contributed by atoms with Crippen LogP contribution in [0.25, 0.3) is 0 Å². The van der Waals surface area contributed by atoms with E-state index in [1.165, 1.54) is 44.1 Å². The second kappa shape index (κ2) is 13.1. The van der Waals surface area contributed by atoms with Crippen molar-refractivity contribution in [2.45, 2.75) is 102 Å². The summed E-state index contributed by atoms with van der Waals surface area (Å²) in [5.41, 5.74) is 2.19. The Labute approximate surface area is 213 Å². The molecule has 1 aromatic heterocycles. The summed E-state index contributed by atoms with van der Waals surface area (Å²) in [6.07, 6.45) is 16.0. The highest BCUT2D eigenvalue weighted by atomic mass is 32.1. The number of thiazole rings is 1. The van der Waals surface area contributed by atoms with Crippen LogP contribution in [0.1, 0.15) is 87.1 Å². The minimum absolute atomic E-state index is 0.0434. The number of hydrogen-bond donors (Lipinski definition) is 1. The quantitative estimate of drug-likeness (QED) is 0.400. The van der Waals surface area contributed by atoms with E-state index in [4.69, 9.17) is 4.74 Å². The van der Waals surface area contributed by atoms with Gasteiger partial charge in [0.25, 0.3) is 0 Å². The van der Waals surface area contributed by atoms with Gasteiger partial charge in [0.1, 0.15) is 0 Å². The van der Waals surface area contributed by atoms with Crippen LogP contribution in [-0.4, -0.2) is 40.6 Å². The maximum atomic E-state index is 13.4. The number of esters is 1. The number of rotatable bonds is 9. The molecule has 1 heterocycles. The van der Waals surface area contributed by atoms with Gasteiger partial charge in [-0.25, -0.2) is 9.78 Å². The lowest BCUT2D eigenvalue weighted by Gasteiger charge is -2.41. The van der Waals surface area contributed by atoms with Gasteiger partial charge in [-0.1, -0.05) is 62.8 Å². The van der Waals surface area contributed by atoms with Gasteiger partial charge >= 0.3 is 12.0 Å². The molecule has 190 valence electrons. The van der Waals surface area contributed by atoms with Gasteiger partial charge in [0, 0.05) is 23.2 Å². The second-order valence-corrected chi connectivity index (χ2v) is 11.0. The first-order valence-corrected chi connectivity index (χ1v) is 14.2. The maximum Gasteiger partial charge on any atom is 0.324 e. The number of nitrogens with one attached hydrogen (secondary N) is 1. The van der Waals surface area contributed by atoms with E-state index in [-0.39, 0.29) is 12.0 Å². The highest BCUT2D eigenvalue weighted by molar-refractivity contribution is 7.15. The van der Waals surface area contributed by atoms with Crippen LogP contribution in [0.2, 0.25) is 0 Å². The van der Waals surface area contributed by atoms with Crippen LogP contribution in [0, 0.1) is 0 Å². The number of anilines is 1. The standard InChI is InChI=1S/C28H39N3O3S/c1-2-34-26(32)19-22-15-13-21(14-16-22)17-18-25-20-29-27(35-25)30-28(33)31(23-9-5-3-6-10-23)24-11-7-4-8-12-24/h13-16,20,23-24H,2-12,17-19H2,1H3,(H,29,30,33). The molecular weight excluding hydrogens is 458 g/mol. The van der Waals surface area contributed by atoms with Crippen molar-refractivity contribution >= 4 is 28.5 Å². The molecule has 2 fully saturated rings. The van der Waals surface area contributed by atoms with Crippen molar-refractivity contribution in [1.82, 2.24) is 9.88 Å². The van der Waals surface area contributed by atoms with Crippen molar-refractivity contribution in [3.8, 4) is 0 Å². The Hall–Kier alpha value is -2.41. The summed E-state index contributed by atoms with van der Waals surface area (Å²) in [6, 6.07) is 8.93. The highest BCUT2D eigenvalue weighted by Crippen LogP contribution is 2.31. The fraction of sp³-hybridized carbons (Fsp3) is 0.607. The number of amides is 2. The van der Waals surface area contributed by atoms with E-state index in [9.17, 15) is 9.59 Å². The van der Waals surface area contributed by atoms with Crippen molar-refractivity contribution in [3.05, 3.63) is 46.5 Å². The van der Waals surface area contributed by atoms with E-state index in [2.05, 4.69) is 27.3 Å². The Morgan fingerprint density at radius 1 is 0.943 bits per heavy atom. The van der Waals surface area contributed by atoms with Crippen molar-refractivity contribution in [1.29, 1.82) is 0 Å². The van der Waals surface area contributed by atoms with Crippen LogP contribution in [0.3, 0.4) is 0 Å². The van der Waals surface area contributed by atoms with Gasteiger partial charge in [-0.15, -0.1) is 11.3 Å². The zero-order valence-corrected chi connectivity index (χ0v) is 21.8. The molecule has 0 bridgehead atoms. The van der Waals surface area contributed by atoms with E-state index in [0.717, 1.165) is 49.0 Å². The van der Waals surface area contributed by atoms with E-state index >= 15 is 0 Å². The Kier molecular flexibility index (Phi) is 9.57. The third-order valence-electron chi connectivity index (χ3n) is 7.27. The van der Waals surface area contributed by atoms with Gasteiger partial charge in [-0.3, -0.25) is 10.1 Å². The summed E-state index contributed by atoms with van der Waals surface area (Å²) in [5, 5.41) is 3.84. The summed E-state index contributed by atoms with van der Waals surface area (Å²) < 4.78 is 5.02. The Bertz CT molecular complexity index is 929. The first kappa shape index (κ1) is 25.7. The number of urea groups is 1. The number of carbonyl (C=O) groups excluding carboxylic acids is 2. The fourth-order valence-electron chi connectivity index (χ4n) is 5.46. The van der Waals surface area contributed by atoms with Crippen molar-refractivity contribution < 1.29 is 14.3 Å². The van der Waals surface area contributed by atoms with Crippen LogP contribution in [0.15, 0.2) is 30.5 Å². The lowest BCUT2D eigenvalue weighted by atomic mass is 9.89. The van der Waals surface area contributed by atoms with Crippen LogP contribution in [0.5, 0.6) is 0 Å². The average molecular weight is 498 g/mol. The van der Waals surface area contributed by atoms with Gasteiger partial charge < -0.3 is 9.64 Å². The minimum Gasteiger partial charge on any atom is -0.466 e. The first-order chi connectivity index (χ1) is 17.1. The van der Waals surface area contributed by atoms with Crippen molar-refractivity contribution in [3.63, 3.8) is 0 Å². The molecule has 7 heteroatoms. The molecule has 1 aromatic carbocycles. The van der Waals surface area contributed by atoms with E-state index in [1.54, 1.807) is 11.3 Å². The molecule has 0 radical (unpaired) electrons. The van der Waals surface area contributed by atoms with Gasteiger partial charge in [0.15, 0.2) is 5.13 Å². The summed E-state index contributed by atoms with van der Waals surface area (Å²) in [7, 11) is 0. The number of carbonyl (C=O) groups is 2. The fourth-order valence-corrected chi connectivity index (χ4v) is 6.26. The molecule has 2 aliphatic carbocycles. The monoisotopic (exact) mass is 497 g/mol. The predicted molar refractivity (Wildman–Crippen MR) is 141 cm³/mol. The van der Waals surface area contributed by atoms with Crippen LogP contribution >= 0.6 is 11.3 Å². The van der Waals surface area contributed by atoms with Gasteiger partial charge in [0.05, 0.1) is 13.0 Å². The Morgan fingerprint density at radius 2 is 1.54 bits per heavy atom. The molecule has 2 saturated carbocycles. The SMILES string of the molecule is CCOC(=O)Cc1ccc(CCc2cnc(NC(=O)N(C3CCCCC3)C3CCCCC3)s2)cc1. The van der Waals surface area contributed by atoms with Crippen LogP contribution < -0.4 is 5.32 Å². The Balaban J connectivity index is 1.31. The smallest absolute Gasteiger partial charge is 0.324 e. The van der Waals surface area contributed by atoms with Gasteiger partial charge in [-0.2, -0.15) is 0 Å². The molecule has 2 aromatic rings. The molecule has 0 unspecified atom stereocenters. The molecule has 35 heavy (non-hydrogen) atoms. The average Bonchev–Trinajstić information content (AvgIpc) is 3.32. The topological polar surface area (TPSA) is 71.5 Å². The zero-order valence-electron chi connectivity index (χ0n) is 21.0. The minimum atomic E-state index is -0.190. The lowest BCUT2D eigenvalue weighted by Crippen LogP contribution is -2.50. The van der Waals surface area contributed by atoms with Crippen LogP contribution in [0.4, 0.5) is 9.93 Å². The summed E-state index contributed by atoms with van der Waals surface area (Å²) in [4.78, 5) is 32.9. The van der Waals surface area contributed by atoms with Gasteiger partial charge in [-0.05, 0) is 56.6 Å². The third kappa shape index (κ3) is 7.53. The molecule has 0 atom stereocenters. The Morgan fingerprint density at radius 3 is 2.14 bits per heavy atom. The lowest BCUT2D eigenvalue weighted by molar-refractivity contribution is -0.142. The summed E-state index contributed by atoms with van der Waals surface area (Å²) >= 11 is 1.58. The molecule has 6 nitrogen and oxygen atoms in total. The first-order valence-electron chi connectivity index (χ1n) is 13.4. The number of aromatic nitrogens is 1. The molecule has 0 spiro atoms. The second-order valence-electron chi connectivity index (χ2n) is 9.85. The van der Waals surface area contributed by atoms with Crippen molar-refractivity contribution in [2.75, 3.05) is 11.9 Å². The normalized spacial score (nSPS) is 17.2. The molecule has 2 aliphatic rings. The molecule has 0 saturated heterocycles. The maximum absolute atomic E-state index is 13.4. The molecule has 4 rings (SSSR count). The van der Waals surface area contributed by atoms with E-state index < -0.39 is 0 Å². The number of benzene rings is 1. The molecule has 1 N–H and O–H groups in total. The number of hydrogen-bond acceptors (Lipinski definition) is 5. The zero-order chi connectivity index (χ0) is 24.5. The van der Waals surface area contributed by atoms with E-state index in [0.29, 0.717) is 30.2 Å². The predicted octanol–water partition coefficient (Wildman–Crippen LogP) is 6.53. The van der Waals surface area contributed by atoms with Crippen LogP contribution in [-0.2, 0) is 28.8 Å². The van der Waals surface area contributed by atoms with Crippen molar-refractivity contribution in [2.24, 2.45) is 0 Å². The molecular formula is C28H39N3O3S. The number of aryl methyl sites for hydroxylation is 2. The molecule has 2 amide bonds. The van der Waals surface area contributed by atoms with Gasteiger partial charge in [0.2, 0.25) is 0 Å². The van der Waals surface area contributed by atoms with E-state index in [1.807, 2.05) is 25.3 Å². The number of ether oxygens (including phenoxy) is 1. The summed E-state index contributed by atoms with van der Waals surface area (Å²) in [6.45, 7) is 2.23. The highest BCUT2D eigenvalue weighted by Gasteiger charge is 2.32. The summed E-state index contributed by atoms with van der Waals surface area (Å²) in [5.74, 6) is -0.190. The molecule has 0 aliphatic heterocycles. The largest absolute Gasteiger partial charge is 0.466 e.